The fourth-order valence-corrected chi connectivity index (χ4v) is 2.83. The average Bonchev–Trinajstić information content (AvgIpc) is 3.01. The van der Waals surface area contributed by atoms with Gasteiger partial charge in [-0.1, -0.05) is 12.1 Å². The van der Waals surface area contributed by atoms with E-state index < -0.39 is 11.9 Å². The molecule has 2 unspecified atom stereocenters. The van der Waals surface area contributed by atoms with Crippen LogP contribution in [0.5, 0.6) is 5.75 Å². The van der Waals surface area contributed by atoms with Crippen LogP contribution >= 0.6 is 0 Å². The van der Waals surface area contributed by atoms with E-state index >= 15 is 0 Å². The molecule has 1 heterocycles. The second-order valence-corrected chi connectivity index (χ2v) is 6.25. The minimum Gasteiger partial charge on any atom is -0.508 e. The number of phenolic OH excluding ortho intramolecular Hbond substituents is 1. The summed E-state index contributed by atoms with van der Waals surface area (Å²) in [6.45, 7) is 3.07. The normalized spacial score (nSPS) is 13.9. The van der Waals surface area contributed by atoms with Gasteiger partial charge in [-0.2, -0.15) is 0 Å². The average molecular weight is 343 g/mol. The van der Waals surface area contributed by atoms with Crippen molar-refractivity contribution in [3.05, 3.63) is 60.2 Å². The van der Waals surface area contributed by atoms with E-state index in [1.165, 1.54) is 12.1 Å². The van der Waals surface area contributed by atoms with E-state index in [9.17, 15) is 14.6 Å². The highest BCUT2D eigenvalue weighted by Crippen LogP contribution is 2.21. The third kappa shape index (κ3) is 4.15. The molecule has 132 valence electrons. The van der Waals surface area contributed by atoms with Gasteiger partial charge in [-0.25, -0.2) is 9.37 Å². The third-order valence-electron chi connectivity index (χ3n) is 4.33. The summed E-state index contributed by atoms with van der Waals surface area (Å²) in [4.78, 5) is 4.37. The maximum atomic E-state index is 13.7. The lowest BCUT2D eigenvalue weighted by atomic mass is 10.1. The largest absolute Gasteiger partial charge is 0.508 e. The minimum absolute atomic E-state index is 0.149. The van der Waals surface area contributed by atoms with Crippen LogP contribution in [0.25, 0.3) is 11.0 Å². The summed E-state index contributed by atoms with van der Waals surface area (Å²) in [5, 5.41) is 22.6. The van der Waals surface area contributed by atoms with Crippen molar-refractivity contribution in [1.29, 1.82) is 0 Å². The lowest BCUT2D eigenvalue weighted by Gasteiger charge is -2.18. The van der Waals surface area contributed by atoms with Crippen LogP contribution in [0.3, 0.4) is 0 Å². The Morgan fingerprint density at radius 3 is 2.84 bits per heavy atom. The monoisotopic (exact) mass is 343 g/mol. The Hall–Kier alpha value is -2.44. The van der Waals surface area contributed by atoms with Crippen molar-refractivity contribution in [2.45, 2.75) is 32.0 Å². The Morgan fingerprint density at radius 2 is 2.04 bits per heavy atom. The van der Waals surface area contributed by atoms with Crippen LogP contribution in [0.4, 0.5) is 4.39 Å². The number of aromatic hydroxyl groups is 1. The number of rotatable bonds is 7. The van der Waals surface area contributed by atoms with Crippen molar-refractivity contribution in [3.63, 3.8) is 0 Å². The highest BCUT2D eigenvalue weighted by atomic mass is 19.1. The molecule has 0 aliphatic heterocycles. The van der Waals surface area contributed by atoms with E-state index in [0.29, 0.717) is 0 Å². The van der Waals surface area contributed by atoms with Gasteiger partial charge in [-0.05, 0) is 37.6 Å². The van der Waals surface area contributed by atoms with E-state index in [2.05, 4.69) is 14.9 Å². The number of aromatic nitrogens is 2. The number of nitrogens with zero attached hydrogens (tertiary/aromatic N) is 2. The van der Waals surface area contributed by atoms with Crippen LogP contribution in [0.2, 0.25) is 0 Å². The molecule has 0 saturated heterocycles. The molecule has 0 aliphatic rings. The van der Waals surface area contributed by atoms with E-state index in [-0.39, 0.29) is 23.9 Å². The van der Waals surface area contributed by atoms with Crippen LogP contribution in [0.1, 0.15) is 25.0 Å². The molecule has 2 atom stereocenters. The Bertz CT molecular complexity index is 850. The first-order chi connectivity index (χ1) is 12.0. The first-order valence-corrected chi connectivity index (χ1v) is 8.34. The molecule has 1 aromatic heterocycles. The van der Waals surface area contributed by atoms with Crippen molar-refractivity contribution in [2.24, 2.45) is 0 Å². The number of phenols is 1. The highest BCUT2D eigenvalue weighted by Gasteiger charge is 2.14. The number of benzene rings is 2. The zero-order valence-electron chi connectivity index (χ0n) is 14.1. The molecule has 3 N–H and O–H groups in total. The van der Waals surface area contributed by atoms with Crippen molar-refractivity contribution >= 4 is 11.0 Å². The number of aliphatic hydroxyl groups excluding tert-OH is 1. The van der Waals surface area contributed by atoms with Gasteiger partial charge < -0.3 is 20.1 Å². The summed E-state index contributed by atoms with van der Waals surface area (Å²) in [7, 11) is 0. The van der Waals surface area contributed by atoms with Crippen LogP contribution in [0.15, 0.2) is 48.8 Å². The summed E-state index contributed by atoms with van der Waals surface area (Å²) in [6.07, 6.45) is 1.72. The smallest absolute Gasteiger partial charge is 0.132 e. The molecular formula is C19H22FN3O2. The van der Waals surface area contributed by atoms with Crippen molar-refractivity contribution in [3.8, 4) is 5.75 Å². The molecule has 2 aromatic carbocycles. The maximum absolute atomic E-state index is 13.7. The number of hydrogen-bond donors (Lipinski definition) is 3. The SMILES string of the molecule is CC(CCn1cnc2ccccc21)NCC(O)c1ccc(O)cc1F. The van der Waals surface area contributed by atoms with Gasteiger partial charge in [0.25, 0.3) is 0 Å². The van der Waals surface area contributed by atoms with Gasteiger partial charge in [0.05, 0.1) is 23.5 Å². The number of fused-ring (bicyclic) bond motifs is 1. The minimum atomic E-state index is -0.961. The molecule has 3 rings (SSSR count). The van der Waals surface area contributed by atoms with Gasteiger partial charge in [0.2, 0.25) is 0 Å². The summed E-state index contributed by atoms with van der Waals surface area (Å²) in [5.74, 6) is -0.755. The number of aliphatic hydroxyl groups is 1. The summed E-state index contributed by atoms with van der Waals surface area (Å²) < 4.78 is 15.9. The number of hydrogen-bond acceptors (Lipinski definition) is 4. The number of nitrogens with one attached hydrogen (secondary N) is 1. The van der Waals surface area contributed by atoms with Gasteiger partial charge >= 0.3 is 0 Å². The Labute approximate surface area is 145 Å². The van der Waals surface area contributed by atoms with Crippen LogP contribution < -0.4 is 5.32 Å². The van der Waals surface area contributed by atoms with Crippen LogP contribution in [-0.2, 0) is 6.54 Å². The predicted molar refractivity (Wildman–Crippen MR) is 94.8 cm³/mol. The van der Waals surface area contributed by atoms with Crippen LogP contribution in [0, 0.1) is 5.82 Å². The third-order valence-corrected chi connectivity index (χ3v) is 4.33. The summed E-state index contributed by atoms with van der Waals surface area (Å²) in [5.41, 5.74) is 2.25. The lowest BCUT2D eigenvalue weighted by Crippen LogP contribution is -2.31. The molecule has 6 heteroatoms. The van der Waals surface area contributed by atoms with Gasteiger partial charge in [0.15, 0.2) is 0 Å². The number of imidazole rings is 1. The Morgan fingerprint density at radius 1 is 1.24 bits per heavy atom. The standard InChI is InChI=1S/C19H22FN3O2/c1-13(8-9-23-12-22-17-4-2-3-5-18(17)23)21-11-19(25)15-7-6-14(24)10-16(15)20/h2-7,10,12-13,19,21,24-25H,8-9,11H2,1H3. The quantitative estimate of drug-likeness (QED) is 0.617. The maximum Gasteiger partial charge on any atom is 0.132 e. The molecule has 5 nitrogen and oxygen atoms in total. The first kappa shape index (κ1) is 17.4. The Balaban J connectivity index is 1.51. The molecule has 0 amide bonds. The molecule has 0 bridgehead atoms. The summed E-state index contributed by atoms with van der Waals surface area (Å²) in [6, 6.07) is 11.9. The molecule has 0 saturated carbocycles. The fraction of sp³-hybridized carbons (Fsp3) is 0.316. The van der Waals surface area contributed by atoms with E-state index in [1.54, 1.807) is 0 Å². The number of para-hydroxylation sites is 2. The van der Waals surface area contributed by atoms with Gasteiger partial charge in [-0.15, -0.1) is 0 Å². The molecule has 25 heavy (non-hydrogen) atoms. The van der Waals surface area contributed by atoms with Crippen molar-refractivity contribution in [2.75, 3.05) is 6.54 Å². The second kappa shape index (κ2) is 7.63. The van der Waals surface area contributed by atoms with Crippen LogP contribution in [-0.4, -0.2) is 32.4 Å². The predicted octanol–water partition coefficient (Wildman–Crippen LogP) is 2.98. The zero-order valence-corrected chi connectivity index (χ0v) is 14.1. The summed E-state index contributed by atoms with van der Waals surface area (Å²) >= 11 is 0. The Kier molecular flexibility index (Phi) is 5.31. The molecular weight excluding hydrogens is 321 g/mol. The highest BCUT2D eigenvalue weighted by molar-refractivity contribution is 5.74. The van der Waals surface area contributed by atoms with Crippen molar-refractivity contribution < 1.29 is 14.6 Å². The van der Waals surface area contributed by atoms with E-state index in [0.717, 1.165) is 30.1 Å². The first-order valence-electron chi connectivity index (χ1n) is 8.34. The number of halogens is 1. The molecule has 0 radical (unpaired) electrons. The zero-order chi connectivity index (χ0) is 17.8. The van der Waals surface area contributed by atoms with Gasteiger partial charge in [0, 0.05) is 30.8 Å². The second-order valence-electron chi connectivity index (χ2n) is 6.25. The molecule has 0 aliphatic carbocycles. The topological polar surface area (TPSA) is 70.3 Å². The van der Waals surface area contributed by atoms with Crippen molar-refractivity contribution in [1.82, 2.24) is 14.9 Å². The number of aryl methyl sites for hydroxylation is 1. The van der Waals surface area contributed by atoms with Gasteiger partial charge in [0.1, 0.15) is 11.6 Å². The van der Waals surface area contributed by atoms with E-state index in [4.69, 9.17) is 0 Å². The lowest BCUT2D eigenvalue weighted by molar-refractivity contribution is 0.165. The molecule has 0 fully saturated rings. The fourth-order valence-electron chi connectivity index (χ4n) is 2.83. The molecule has 3 aromatic rings. The molecule has 0 spiro atoms. The van der Waals surface area contributed by atoms with E-state index in [1.807, 2.05) is 37.5 Å². The van der Waals surface area contributed by atoms with Gasteiger partial charge in [-0.3, -0.25) is 0 Å².